The highest BCUT2D eigenvalue weighted by atomic mass is 35.5. The van der Waals surface area contributed by atoms with Crippen LogP contribution >= 0.6 is 23.2 Å². The van der Waals surface area contributed by atoms with E-state index in [-0.39, 0.29) is 11.8 Å². The summed E-state index contributed by atoms with van der Waals surface area (Å²) in [6, 6.07) is 13.8. The van der Waals surface area contributed by atoms with Gasteiger partial charge in [-0.2, -0.15) is 0 Å². The summed E-state index contributed by atoms with van der Waals surface area (Å²) in [6.07, 6.45) is 1.16. The van der Waals surface area contributed by atoms with Gasteiger partial charge in [0, 0.05) is 10.0 Å². The molecule has 4 rings (SSSR count). The summed E-state index contributed by atoms with van der Waals surface area (Å²) in [6.45, 7) is 0. The molecule has 0 N–H and O–H groups in total. The number of halogens is 2. The molecule has 1 aliphatic heterocycles. The maximum atomic E-state index is 12.9. The van der Waals surface area contributed by atoms with Gasteiger partial charge in [0.1, 0.15) is 5.41 Å². The second-order valence-electron chi connectivity index (χ2n) is 5.78. The standard InChI is InChI=1S/C17H12Cl2N2O2/c18-11-3-1-5-13(9-11)20-15(22)17(7-8-17)16(23)21(20)14-6-2-4-12(19)10-14/h1-6,9-10H,7-8H2. The summed E-state index contributed by atoms with van der Waals surface area (Å²) < 4.78 is 0. The molecule has 2 amide bonds. The van der Waals surface area contributed by atoms with E-state index in [0.29, 0.717) is 34.3 Å². The first-order valence-electron chi connectivity index (χ1n) is 7.23. The van der Waals surface area contributed by atoms with E-state index in [2.05, 4.69) is 0 Å². The van der Waals surface area contributed by atoms with Crippen molar-refractivity contribution in [1.29, 1.82) is 0 Å². The Labute approximate surface area is 143 Å². The second kappa shape index (κ2) is 4.98. The Morgan fingerprint density at radius 3 is 1.57 bits per heavy atom. The van der Waals surface area contributed by atoms with Crippen molar-refractivity contribution < 1.29 is 9.59 Å². The number of hydrazine groups is 1. The lowest BCUT2D eigenvalue weighted by Gasteiger charge is -2.27. The molecule has 2 aliphatic rings. The lowest BCUT2D eigenvalue weighted by atomic mass is 10.1. The smallest absolute Gasteiger partial charge is 0.261 e. The van der Waals surface area contributed by atoms with Crippen LogP contribution in [-0.4, -0.2) is 11.8 Å². The molecule has 2 fully saturated rings. The SMILES string of the molecule is O=C1N(c2cccc(Cl)c2)N(c2cccc(Cl)c2)C(=O)C12CC2. The molecule has 0 radical (unpaired) electrons. The van der Waals surface area contributed by atoms with E-state index in [0.717, 1.165) is 0 Å². The topological polar surface area (TPSA) is 40.6 Å². The molecule has 1 aliphatic carbocycles. The zero-order valence-electron chi connectivity index (χ0n) is 12.0. The number of carbonyl (C=O) groups excluding carboxylic acids is 2. The minimum absolute atomic E-state index is 0.204. The Balaban J connectivity index is 1.87. The van der Waals surface area contributed by atoms with E-state index in [1.54, 1.807) is 48.5 Å². The molecule has 0 atom stereocenters. The van der Waals surface area contributed by atoms with Crippen LogP contribution in [-0.2, 0) is 9.59 Å². The third-order valence-electron chi connectivity index (χ3n) is 4.26. The summed E-state index contributed by atoms with van der Waals surface area (Å²) in [4.78, 5) is 25.7. The molecular weight excluding hydrogens is 335 g/mol. The number of rotatable bonds is 2. The summed E-state index contributed by atoms with van der Waals surface area (Å²) in [5.41, 5.74) is 0.226. The molecule has 0 bridgehead atoms. The van der Waals surface area contributed by atoms with Crippen LogP contribution in [0.3, 0.4) is 0 Å². The highest BCUT2D eigenvalue weighted by Gasteiger charge is 2.66. The lowest BCUT2D eigenvalue weighted by Crippen LogP contribution is -2.41. The van der Waals surface area contributed by atoms with Crippen molar-refractivity contribution in [2.75, 3.05) is 10.0 Å². The zero-order valence-corrected chi connectivity index (χ0v) is 13.5. The quantitative estimate of drug-likeness (QED) is 0.769. The molecular formula is C17H12Cl2N2O2. The first kappa shape index (κ1) is 14.5. The van der Waals surface area contributed by atoms with E-state index in [1.807, 2.05) is 0 Å². The number of benzene rings is 2. The fourth-order valence-corrected chi connectivity index (χ4v) is 3.28. The monoisotopic (exact) mass is 346 g/mol. The van der Waals surface area contributed by atoms with Gasteiger partial charge in [0.15, 0.2) is 0 Å². The molecule has 1 spiro atoms. The first-order valence-corrected chi connectivity index (χ1v) is 7.99. The van der Waals surface area contributed by atoms with Gasteiger partial charge in [0.05, 0.1) is 11.4 Å². The van der Waals surface area contributed by atoms with Crippen LogP contribution in [0.25, 0.3) is 0 Å². The van der Waals surface area contributed by atoms with Crippen LogP contribution in [0, 0.1) is 5.41 Å². The summed E-state index contributed by atoms with van der Waals surface area (Å²) >= 11 is 12.1. The van der Waals surface area contributed by atoms with Gasteiger partial charge in [0.2, 0.25) is 0 Å². The maximum absolute atomic E-state index is 12.9. The van der Waals surface area contributed by atoms with E-state index in [1.165, 1.54) is 10.0 Å². The minimum Gasteiger partial charge on any atom is -0.271 e. The summed E-state index contributed by atoms with van der Waals surface area (Å²) in [5, 5.41) is 3.83. The second-order valence-corrected chi connectivity index (χ2v) is 6.65. The van der Waals surface area contributed by atoms with Crippen molar-refractivity contribution in [3.05, 3.63) is 58.6 Å². The number of anilines is 2. The fourth-order valence-electron chi connectivity index (χ4n) is 2.91. The molecule has 2 aromatic carbocycles. The van der Waals surface area contributed by atoms with Gasteiger partial charge in [-0.05, 0) is 49.2 Å². The minimum atomic E-state index is -0.912. The van der Waals surface area contributed by atoms with E-state index in [4.69, 9.17) is 23.2 Å². The average Bonchev–Trinajstić information content (AvgIpc) is 3.29. The molecule has 2 aromatic rings. The predicted molar refractivity (Wildman–Crippen MR) is 89.5 cm³/mol. The van der Waals surface area contributed by atoms with E-state index >= 15 is 0 Å². The van der Waals surface area contributed by atoms with Crippen molar-refractivity contribution >= 4 is 46.4 Å². The summed E-state index contributed by atoms with van der Waals surface area (Å²) in [5.74, 6) is -0.408. The lowest BCUT2D eigenvalue weighted by molar-refractivity contribution is -0.128. The van der Waals surface area contributed by atoms with Gasteiger partial charge >= 0.3 is 0 Å². The van der Waals surface area contributed by atoms with Crippen LogP contribution in [0.5, 0.6) is 0 Å². The van der Waals surface area contributed by atoms with Crippen molar-refractivity contribution in [1.82, 2.24) is 0 Å². The molecule has 1 saturated heterocycles. The maximum Gasteiger partial charge on any atom is 0.261 e. The number of hydrogen-bond donors (Lipinski definition) is 0. The first-order chi connectivity index (χ1) is 11.0. The molecule has 6 heteroatoms. The molecule has 0 unspecified atom stereocenters. The molecule has 1 saturated carbocycles. The Bertz CT molecular complexity index is 767. The Morgan fingerprint density at radius 1 is 0.783 bits per heavy atom. The van der Waals surface area contributed by atoms with Crippen LogP contribution in [0.2, 0.25) is 10.0 Å². The van der Waals surface area contributed by atoms with Crippen LogP contribution in [0.15, 0.2) is 48.5 Å². The molecule has 23 heavy (non-hydrogen) atoms. The van der Waals surface area contributed by atoms with Crippen molar-refractivity contribution in [2.45, 2.75) is 12.8 Å². The number of carbonyl (C=O) groups is 2. The molecule has 4 nitrogen and oxygen atoms in total. The number of amides is 2. The number of nitrogens with zero attached hydrogens (tertiary/aromatic N) is 2. The van der Waals surface area contributed by atoms with Gasteiger partial charge < -0.3 is 0 Å². The van der Waals surface area contributed by atoms with Crippen molar-refractivity contribution in [3.63, 3.8) is 0 Å². The van der Waals surface area contributed by atoms with Gasteiger partial charge in [-0.15, -0.1) is 0 Å². The Kier molecular flexibility index (Phi) is 3.15. The Hall–Kier alpha value is -2.04. The highest BCUT2D eigenvalue weighted by Crippen LogP contribution is 2.54. The van der Waals surface area contributed by atoms with Gasteiger partial charge in [-0.3, -0.25) is 9.59 Å². The van der Waals surface area contributed by atoms with E-state index in [9.17, 15) is 9.59 Å². The average molecular weight is 347 g/mol. The zero-order chi connectivity index (χ0) is 16.2. The largest absolute Gasteiger partial charge is 0.271 e. The molecule has 116 valence electrons. The Morgan fingerprint density at radius 2 is 1.22 bits per heavy atom. The van der Waals surface area contributed by atoms with Gasteiger partial charge in [-0.1, -0.05) is 35.3 Å². The van der Waals surface area contributed by atoms with Crippen molar-refractivity contribution in [3.8, 4) is 0 Å². The van der Waals surface area contributed by atoms with Crippen molar-refractivity contribution in [2.24, 2.45) is 5.41 Å². The van der Waals surface area contributed by atoms with Crippen LogP contribution < -0.4 is 10.0 Å². The fraction of sp³-hybridized carbons (Fsp3) is 0.176. The van der Waals surface area contributed by atoms with Gasteiger partial charge in [0.25, 0.3) is 11.8 Å². The highest BCUT2D eigenvalue weighted by molar-refractivity contribution is 6.32. The number of hydrogen-bond acceptors (Lipinski definition) is 2. The third-order valence-corrected chi connectivity index (χ3v) is 4.73. The van der Waals surface area contributed by atoms with Crippen LogP contribution in [0.1, 0.15) is 12.8 Å². The third kappa shape index (κ3) is 2.13. The van der Waals surface area contributed by atoms with Crippen LogP contribution in [0.4, 0.5) is 11.4 Å². The predicted octanol–water partition coefficient (Wildman–Crippen LogP) is 4.07. The van der Waals surface area contributed by atoms with E-state index < -0.39 is 5.41 Å². The van der Waals surface area contributed by atoms with Gasteiger partial charge in [-0.25, -0.2) is 10.0 Å². The normalized spacial score (nSPS) is 18.9. The molecule has 1 heterocycles. The molecule has 0 aromatic heterocycles. The summed E-state index contributed by atoms with van der Waals surface area (Å²) in [7, 11) is 0.